The molecule has 0 bridgehead atoms. The van der Waals surface area contributed by atoms with Crippen LogP contribution in [0.2, 0.25) is 0 Å². The first-order chi connectivity index (χ1) is 8.77. The molecule has 1 aromatic carbocycles. The van der Waals surface area contributed by atoms with Gasteiger partial charge in [-0.05, 0) is 46.4 Å². The Morgan fingerprint density at radius 2 is 1.68 bits per heavy atom. The van der Waals surface area contributed by atoms with E-state index in [1.165, 1.54) is 0 Å². The van der Waals surface area contributed by atoms with Crippen LogP contribution in [0, 0.1) is 6.92 Å². The molecular weight excluding hydrogens is 262 g/mol. The van der Waals surface area contributed by atoms with Crippen molar-refractivity contribution in [3.63, 3.8) is 0 Å². The van der Waals surface area contributed by atoms with Gasteiger partial charge in [0.1, 0.15) is 6.23 Å². The topological polar surface area (TPSA) is 46.6 Å². The van der Waals surface area contributed by atoms with Crippen molar-refractivity contribution < 1.29 is 12.6 Å². The number of nitrogens with zero attached hydrogens (tertiary/aromatic N) is 1. The summed E-state index contributed by atoms with van der Waals surface area (Å²) in [4.78, 5) is 2.18. The fraction of sp³-hybridized carbons (Fsp3) is 0.571. The van der Waals surface area contributed by atoms with Gasteiger partial charge in [-0.2, -0.15) is 8.42 Å². The Kier molecular flexibility index (Phi) is 5.52. The highest BCUT2D eigenvalue weighted by atomic mass is 32.2. The van der Waals surface area contributed by atoms with E-state index < -0.39 is 16.3 Å². The van der Waals surface area contributed by atoms with Crippen LogP contribution in [0.3, 0.4) is 0 Å². The first kappa shape index (κ1) is 16.1. The summed E-state index contributed by atoms with van der Waals surface area (Å²) in [7, 11) is -3.71. The highest BCUT2D eigenvalue weighted by molar-refractivity contribution is 7.86. The van der Waals surface area contributed by atoms with Gasteiger partial charge in [0.05, 0.1) is 4.90 Å². The van der Waals surface area contributed by atoms with E-state index in [0.29, 0.717) is 0 Å². The van der Waals surface area contributed by atoms with E-state index in [4.69, 9.17) is 4.18 Å². The van der Waals surface area contributed by atoms with Gasteiger partial charge in [0, 0.05) is 6.04 Å². The second kappa shape index (κ2) is 6.50. The third-order valence-electron chi connectivity index (χ3n) is 3.07. The van der Waals surface area contributed by atoms with Gasteiger partial charge in [-0.1, -0.05) is 24.6 Å². The second-order valence-electron chi connectivity index (χ2n) is 4.89. The van der Waals surface area contributed by atoms with Crippen LogP contribution < -0.4 is 0 Å². The zero-order valence-corrected chi connectivity index (χ0v) is 13.1. The monoisotopic (exact) mass is 285 g/mol. The number of benzene rings is 1. The van der Waals surface area contributed by atoms with Crippen molar-refractivity contribution in [2.24, 2.45) is 0 Å². The molecule has 0 spiro atoms. The average molecular weight is 285 g/mol. The number of rotatable bonds is 6. The van der Waals surface area contributed by atoms with Crippen LogP contribution in [0.1, 0.15) is 33.3 Å². The SMILES string of the molecule is CCN(C(C)C)C(C)OS(=O)(=O)c1ccc(C)cc1. The largest absolute Gasteiger partial charge is 0.298 e. The van der Waals surface area contributed by atoms with Crippen molar-refractivity contribution in [3.05, 3.63) is 29.8 Å². The summed E-state index contributed by atoms with van der Waals surface area (Å²) in [5.41, 5.74) is 1.02. The Bertz CT molecular complexity index is 494. The Balaban J connectivity index is 2.88. The first-order valence-corrected chi connectivity index (χ1v) is 7.94. The minimum Gasteiger partial charge on any atom is -0.275 e. The lowest BCUT2D eigenvalue weighted by atomic mass is 10.2. The fourth-order valence-corrected chi connectivity index (χ4v) is 3.10. The lowest BCUT2D eigenvalue weighted by molar-refractivity contribution is 0.0264. The minimum absolute atomic E-state index is 0.199. The van der Waals surface area contributed by atoms with E-state index in [1.807, 2.05) is 32.6 Å². The molecule has 0 aliphatic heterocycles. The van der Waals surface area contributed by atoms with E-state index in [9.17, 15) is 8.42 Å². The molecule has 0 fully saturated rings. The third kappa shape index (κ3) is 4.30. The smallest absolute Gasteiger partial charge is 0.275 e. The van der Waals surface area contributed by atoms with Crippen LogP contribution in [0.25, 0.3) is 0 Å². The van der Waals surface area contributed by atoms with Crippen molar-refractivity contribution in [2.45, 2.75) is 51.8 Å². The van der Waals surface area contributed by atoms with E-state index >= 15 is 0 Å². The van der Waals surface area contributed by atoms with Crippen molar-refractivity contribution in [3.8, 4) is 0 Å². The standard InChI is InChI=1S/C14H23NO3S/c1-6-15(11(2)3)13(5)18-19(16,17)14-9-7-12(4)8-10-14/h7-11,13H,6H2,1-5H3. The predicted molar refractivity (Wildman–Crippen MR) is 76.4 cm³/mol. The van der Waals surface area contributed by atoms with Gasteiger partial charge in [-0.3, -0.25) is 4.90 Å². The van der Waals surface area contributed by atoms with Crippen LogP contribution in [0.4, 0.5) is 0 Å². The molecule has 0 aliphatic carbocycles. The molecule has 1 rings (SSSR count). The van der Waals surface area contributed by atoms with Crippen molar-refractivity contribution in [1.82, 2.24) is 4.90 Å². The van der Waals surface area contributed by atoms with Gasteiger partial charge in [-0.15, -0.1) is 0 Å². The molecule has 108 valence electrons. The fourth-order valence-electron chi connectivity index (χ4n) is 2.04. The molecule has 0 radical (unpaired) electrons. The van der Waals surface area contributed by atoms with Crippen molar-refractivity contribution in [2.75, 3.05) is 6.54 Å². The summed E-state index contributed by atoms with van der Waals surface area (Å²) in [6.45, 7) is 10.4. The van der Waals surface area contributed by atoms with Gasteiger partial charge >= 0.3 is 0 Å². The lowest BCUT2D eigenvalue weighted by Gasteiger charge is -2.30. The van der Waals surface area contributed by atoms with E-state index in [0.717, 1.165) is 12.1 Å². The van der Waals surface area contributed by atoms with Gasteiger partial charge < -0.3 is 0 Å². The molecule has 1 aromatic rings. The summed E-state index contributed by atoms with van der Waals surface area (Å²) in [5.74, 6) is 0. The average Bonchev–Trinajstić information content (AvgIpc) is 2.29. The van der Waals surface area contributed by atoms with Gasteiger partial charge in [0.2, 0.25) is 0 Å². The molecule has 0 amide bonds. The molecule has 0 saturated carbocycles. The molecule has 4 nitrogen and oxygen atoms in total. The maximum Gasteiger partial charge on any atom is 0.298 e. The second-order valence-corrected chi connectivity index (χ2v) is 6.46. The van der Waals surface area contributed by atoms with Gasteiger partial charge in [0.15, 0.2) is 0 Å². The third-order valence-corrected chi connectivity index (χ3v) is 4.45. The molecule has 0 aliphatic rings. The van der Waals surface area contributed by atoms with Crippen LogP contribution in [-0.4, -0.2) is 32.1 Å². The minimum atomic E-state index is -3.71. The molecule has 0 saturated heterocycles. The van der Waals surface area contributed by atoms with Crippen molar-refractivity contribution >= 4 is 10.1 Å². The number of hydrogen-bond acceptors (Lipinski definition) is 4. The highest BCUT2D eigenvalue weighted by Crippen LogP contribution is 2.17. The van der Waals surface area contributed by atoms with E-state index in [1.54, 1.807) is 31.2 Å². The normalized spacial score (nSPS) is 14.1. The Labute approximate surface area is 116 Å². The molecule has 19 heavy (non-hydrogen) atoms. The van der Waals surface area contributed by atoms with Crippen LogP contribution in [-0.2, 0) is 14.3 Å². The Hall–Kier alpha value is -0.910. The number of aryl methyl sites for hydroxylation is 1. The number of hydrogen-bond donors (Lipinski definition) is 0. The van der Waals surface area contributed by atoms with Gasteiger partial charge in [0.25, 0.3) is 10.1 Å². The van der Waals surface area contributed by atoms with E-state index in [-0.39, 0.29) is 10.9 Å². The molecule has 0 N–H and O–H groups in total. The highest BCUT2D eigenvalue weighted by Gasteiger charge is 2.24. The summed E-state index contributed by atoms with van der Waals surface area (Å²) in [5, 5.41) is 0. The van der Waals surface area contributed by atoms with Crippen LogP contribution in [0.15, 0.2) is 29.2 Å². The first-order valence-electron chi connectivity index (χ1n) is 6.53. The molecule has 1 atom stereocenters. The Morgan fingerprint density at radius 3 is 2.11 bits per heavy atom. The summed E-state index contributed by atoms with van der Waals surface area (Å²) >= 11 is 0. The molecular formula is C14H23NO3S. The molecule has 0 aromatic heterocycles. The zero-order chi connectivity index (χ0) is 14.6. The lowest BCUT2D eigenvalue weighted by Crippen LogP contribution is -2.41. The summed E-state index contributed by atoms with van der Waals surface area (Å²) in [6.07, 6.45) is -0.476. The molecule has 0 heterocycles. The quantitative estimate of drug-likeness (QED) is 0.595. The van der Waals surface area contributed by atoms with E-state index in [2.05, 4.69) is 0 Å². The summed E-state index contributed by atoms with van der Waals surface area (Å²) < 4.78 is 29.6. The molecule has 1 unspecified atom stereocenters. The maximum absolute atomic E-state index is 12.1. The van der Waals surface area contributed by atoms with Crippen molar-refractivity contribution in [1.29, 1.82) is 0 Å². The van der Waals surface area contributed by atoms with Gasteiger partial charge in [-0.25, -0.2) is 4.18 Å². The zero-order valence-electron chi connectivity index (χ0n) is 12.3. The summed E-state index contributed by atoms with van der Waals surface area (Å²) in [6, 6.07) is 6.90. The van der Waals surface area contributed by atoms with Crippen LogP contribution in [0.5, 0.6) is 0 Å². The van der Waals surface area contributed by atoms with Crippen LogP contribution >= 0.6 is 0 Å². The maximum atomic E-state index is 12.1. The Morgan fingerprint density at radius 1 is 1.16 bits per heavy atom. The predicted octanol–water partition coefficient (Wildman–Crippen LogP) is 2.78. The molecule has 5 heteroatoms.